The van der Waals surface area contributed by atoms with Crippen LogP contribution in [0.1, 0.15) is 33.3 Å². The summed E-state index contributed by atoms with van der Waals surface area (Å²) in [6.07, 6.45) is 0.503. The molecule has 3 heteroatoms. The van der Waals surface area contributed by atoms with E-state index in [0.29, 0.717) is 17.8 Å². The molecule has 0 N–H and O–H groups in total. The van der Waals surface area contributed by atoms with E-state index in [-0.39, 0.29) is 11.4 Å². The van der Waals surface area contributed by atoms with E-state index < -0.39 is 0 Å². The Morgan fingerprint density at radius 1 is 1.31 bits per heavy atom. The quantitative estimate of drug-likeness (QED) is 0.692. The van der Waals surface area contributed by atoms with Gasteiger partial charge in [-0.25, -0.2) is 4.39 Å². The lowest BCUT2D eigenvalue weighted by atomic mass is 9.85. The highest BCUT2D eigenvalue weighted by molar-refractivity contribution is 6.26. The average Bonchev–Trinajstić information content (AvgIpc) is 2.20. The summed E-state index contributed by atoms with van der Waals surface area (Å²) in [5.41, 5.74) is 0.465. The molecule has 16 heavy (non-hydrogen) atoms. The molecule has 1 aromatic rings. The summed E-state index contributed by atoms with van der Waals surface area (Å²) in [4.78, 5) is 0. The Kier molecular flexibility index (Phi) is 4.54. The van der Waals surface area contributed by atoms with Crippen molar-refractivity contribution in [1.82, 2.24) is 0 Å². The highest BCUT2D eigenvalue weighted by Crippen LogP contribution is 2.20. The molecule has 0 unspecified atom stereocenters. The van der Waals surface area contributed by atoms with Gasteiger partial charge >= 0.3 is 0 Å². The van der Waals surface area contributed by atoms with Crippen LogP contribution in [0, 0.1) is 11.7 Å². The molecule has 0 saturated heterocycles. The molecule has 0 atom stereocenters. The third kappa shape index (κ3) is 3.64. The largest absolute Gasteiger partial charge is 0.435 e. The summed E-state index contributed by atoms with van der Waals surface area (Å²) >= 11 is 0. The molecule has 1 rings (SSSR count). The molecule has 1 aromatic carbocycles. The molecule has 0 aromatic heterocycles. The van der Waals surface area contributed by atoms with E-state index in [1.807, 2.05) is 19.9 Å². The van der Waals surface area contributed by atoms with Crippen molar-refractivity contribution in [3.63, 3.8) is 0 Å². The summed E-state index contributed by atoms with van der Waals surface area (Å²) in [7, 11) is 1.69. The van der Waals surface area contributed by atoms with Crippen molar-refractivity contribution in [2.75, 3.05) is 0 Å². The van der Waals surface area contributed by atoms with Crippen molar-refractivity contribution in [3.05, 3.63) is 35.6 Å². The Morgan fingerprint density at radius 3 is 2.50 bits per heavy atom. The van der Waals surface area contributed by atoms with Crippen molar-refractivity contribution in [2.45, 2.75) is 39.6 Å². The highest BCUT2D eigenvalue weighted by Gasteiger charge is 2.22. The molecule has 0 saturated carbocycles. The van der Waals surface area contributed by atoms with Crippen LogP contribution in [-0.2, 0) is 11.0 Å². The number of rotatable bonds is 5. The molecule has 87 valence electrons. The summed E-state index contributed by atoms with van der Waals surface area (Å²) in [6, 6.07) is 6.77. The van der Waals surface area contributed by atoms with Gasteiger partial charge in [0.25, 0.3) is 7.48 Å². The number of hydrogen-bond acceptors (Lipinski definition) is 1. The summed E-state index contributed by atoms with van der Waals surface area (Å²) in [6.45, 7) is 8.29. The second kappa shape index (κ2) is 5.49. The third-order valence-electron chi connectivity index (χ3n) is 3.04. The van der Waals surface area contributed by atoms with Crippen LogP contribution in [0.15, 0.2) is 24.3 Å². The number of benzene rings is 1. The van der Waals surface area contributed by atoms with Crippen molar-refractivity contribution in [3.8, 4) is 0 Å². The molecule has 1 radical (unpaired) electrons. The minimum Gasteiger partial charge on any atom is -0.435 e. The Labute approximate surface area is 98.3 Å². The van der Waals surface area contributed by atoms with Gasteiger partial charge in [0.2, 0.25) is 0 Å². The Hall–Kier alpha value is -0.825. The zero-order valence-electron chi connectivity index (χ0n) is 10.5. The summed E-state index contributed by atoms with van der Waals surface area (Å²) in [5, 5.41) is 0. The first-order valence-electron chi connectivity index (χ1n) is 5.66. The fraction of sp³-hybridized carbons (Fsp3) is 0.538. The minimum absolute atomic E-state index is 0.176. The lowest BCUT2D eigenvalue weighted by Gasteiger charge is -2.30. The van der Waals surface area contributed by atoms with E-state index in [9.17, 15) is 4.39 Å². The molecular formula is C13H19BFO. The first-order chi connectivity index (χ1) is 7.43. The molecule has 0 amide bonds. The maximum Gasteiger partial charge on any atom is 0.297 e. The van der Waals surface area contributed by atoms with Crippen molar-refractivity contribution < 1.29 is 9.04 Å². The van der Waals surface area contributed by atoms with Crippen LogP contribution < -0.4 is 0 Å². The maximum absolute atomic E-state index is 13.3. The molecule has 1 nitrogen and oxygen atoms in total. The first-order valence-corrected chi connectivity index (χ1v) is 5.66. The van der Waals surface area contributed by atoms with E-state index >= 15 is 0 Å². The lowest BCUT2D eigenvalue weighted by molar-refractivity contribution is 0.0638. The Balaban J connectivity index is 2.45. The fourth-order valence-corrected chi connectivity index (χ4v) is 1.15. The summed E-state index contributed by atoms with van der Waals surface area (Å²) in [5.74, 6) is 0.245. The second-order valence-corrected chi connectivity index (χ2v) is 4.84. The smallest absolute Gasteiger partial charge is 0.297 e. The van der Waals surface area contributed by atoms with Crippen LogP contribution in [0.5, 0.6) is 0 Å². The number of halogens is 1. The summed E-state index contributed by atoms with van der Waals surface area (Å²) < 4.78 is 19.0. The zero-order chi connectivity index (χ0) is 12.2. The monoisotopic (exact) mass is 221 g/mol. The van der Waals surface area contributed by atoms with Gasteiger partial charge in [-0.05, 0) is 37.7 Å². The van der Waals surface area contributed by atoms with Crippen molar-refractivity contribution in [2.24, 2.45) is 5.92 Å². The van der Waals surface area contributed by atoms with Gasteiger partial charge in [0.1, 0.15) is 5.82 Å². The lowest BCUT2D eigenvalue weighted by Crippen LogP contribution is -2.33. The van der Waals surface area contributed by atoms with E-state index in [0.717, 1.165) is 0 Å². The van der Waals surface area contributed by atoms with Crippen LogP contribution in [-0.4, -0.2) is 13.1 Å². The normalized spacial score (nSPS) is 11.9. The average molecular weight is 221 g/mol. The van der Waals surface area contributed by atoms with E-state index in [1.54, 1.807) is 19.6 Å². The van der Waals surface area contributed by atoms with Gasteiger partial charge in [0.05, 0.1) is 0 Å². The predicted octanol–water partition coefficient (Wildman–Crippen LogP) is 3.40. The Morgan fingerprint density at radius 2 is 1.94 bits per heavy atom. The fourth-order valence-electron chi connectivity index (χ4n) is 1.15. The highest BCUT2D eigenvalue weighted by atomic mass is 19.1. The van der Waals surface area contributed by atoms with Crippen LogP contribution in [0.2, 0.25) is 0 Å². The zero-order valence-corrected chi connectivity index (χ0v) is 10.5. The molecular weight excluding hydrogens is 202 g/mol. The Bertz CT molecular complexity index is 336. The van der Waals surface area contributed by atoms with Gasteiger partial charge in [0, 0.05) is 5.60 Å². The van der Waals surface area contributed by atoms with Gasteiger partial charge in [-0.15, -0.1) is 0 Å². The standard InChI is InChI=1S/C13H19BFO/c1-10(2)13(3,4)16-14-9-11-7-5-6-8-12(11)15/h5-8,10H,9H2,1-4H3. The molecule has 0 aliphatic heterocycles. The molecule has 0 fully saturated rings. The molecule has 0 aliphatic carbocycles. The molecule has 0 bridgehead atoms. The van der Waals surface area contributed by atoms with Gasteiger partial charge in [-0.2, -0.15) is 0 Å². The molecule has 0 spiro atoms. The predicted molar refractivity (Wildman–Crippen MR) is 65.9 cm³/mol. The SMILES string of the molecule is CC(C)C(C)(C)O[B]Cc1ccccc1F. The van der Waals surface area contributed by atoms with Gasteiger partial charge in [0.15, 0.2) is 0 Å². The second-order valence-electron chi connectivity index (χ2n) is 4.84. The topological polar surface area (TPSA) is 9.23 Å². The molecule has 0 aliphatic rings. The van der Waals surface area contributed by atoms with Crippen LogP contribution in [0.4, 0.5) is 4.39 Å². The van der Waals surface area contributed by atoms with Crippen LogP contribution >= 0.6 is 0 Å². The van der Waals surface area contributed by atoms with Crippen LogP contribution in [0.3, 0.4) is 0 Å². The van der Waals surface area contributed by atoms with Crippen molar-refractivity contribution in [1.29, 1.82) is 0 Å². The van der Waals surface area contributed by atoms with E-state index in [4.69, 9.17) is 4.65 Å². The van der Waals surface area contributed by atoms with E-state index in [1.165, 1.54) is 6.07 Å². The maximum atomic E-state index is 13.3. The number of hydrogen-bond donors (Lipinski definition) is 0. The van der Waals surface area contributed by atoms with Gasteiger partial charge < -0.3 is 4.65 Å². The van der Waals surface area contributed by atoms with Crippen LogP contribution in [0.25, 0.3) is 0 Å². The minimum atomic E-state index is -0.203. The third-order valence-corrected chi connectivity index (χ3v) is 3.04. The molecule has 0 heterocycles. The van der Waals surface area contributed by atoms with Gasteiger partial charge in [-0.1, -0.05) is 32.0 Å². The van der Waals surface area contributed by atoms with Crippen molar-refractivity contribution >= 4 is 7.48 Å². The van der Waals surface area contributed by atoms with Gasteiger partial charge in [-0.3, -0.25) is 0 Å². The first kappa shape index (κ1) is 13.2. The van der Waals surface area contributed by atoms with E-state index in [2.05, 4.69) is 13.8 Å².